The van der Waals surface area contributed by atoms with Gasteiger partial charge in [-0.2, -0.15) is 5.10 Å². The van der Waals surface area contributed by atoms with Crippen molar-refractivity contribution in [2.45, 2.75) is 109 Å². The highest BCUT2D eigenvalue weighted by molar-refractivity contribution is 5.95. The van der Waals surface area contributed by atoms with Crippen molar-refractivity contribution in [2.24, 2.45) is 11.3 Å². The van der Waals surface area contributed by atoms with E-state index in [1.165, 1.54) is 11.1 Å². The Hall–Kier alpha value is -3.19. The van der Waals surface area contributed by atoms with Crippen molar-refractivity contribution in [3.63, 3.8) is 0 Å². The molecule has 2 heterocycles. The second-order valence-corrected chi connectivity index (χ2v) is 14.6. The molecule has 229 valence electrons. The van der Waals surface area contributed by atoms with E-state index in [1.807, 2.05) is 23.2 Å². The van der Waals surface area contributed by atoms with Crippen LogP contribution in [0.25, 0.3) is 11.1 Å². The normalized spacial score (nSPS) is 27.2. The number of benzene rings is 1. The first kappa shape index (κ1) is 29.9. The number of H-pyrrole nitrogens is 1. The van der Waals surface area contributed by atoms with E-state index < -0.39 is 12.0 Å². The average molecular weight is 584 g/mol. The van der Waals surface area contributed by atoms with Gasteiger partial charge in [0.15, 0.2) is 0 Å². The molecule has 4 fully saturated rings. The number of amides is 1. The number of carbonyl (C=O) groups is 1. The van der Waals surface area contributed by atoms with Crippen molar-refractivity contribution in [2.75, 3.05) is 18.6 Å². The minimum Gasteiger partial charge on any atom is -0.496 e. The van der Waals surface area contributed by atoms with Crippen LogP contribution in [0.4, 0.5) is 5.82 Å². The van der Waals surface area contributed by atoms with Gasteiger partial charge >= 0.3 is 0 Å². The Balaban J connectivity index is 1.30. The number of hydrogen-bond donors (Lipinski definition) is 1. The van der Waals surface area contributed by atoms with E-state index >= 15 is 0 Å². The van der Waals surface area contributed by atoms with E-state index in [2.05, 4.69) is 56.1 Å². The van der Waals surface area contributed by atoms with Crippen LogP contribution >= 0.6 is 0 Å². The van der Waals surface area contributed by atoms with Gasteiger partial charge < -0.3 is 4.74 Å². The minimum atomic E-state index is -0.838. The molecule has 2 unspecified atom stereocenters. The average Bonchev–Trinajstić information content (AvgIpc) is 3.52. The largest absolute Gasteiger partial charge is 0.496 e. The summed E-state index contributed by atoms with van der Waals surface area (Å²) in [6.45, 7) is 9.21. The van der Waals surface area contributed by atoms with Gasteiger partial charge in [0.1, 0.15) is 17.7 Å². The van der Waals surface area contributed by atoms with Crippen LogP contribution in [0.1, 0.15) is 102 Å². The summed E-state index contributed by atoms with van der Waals surface area (Å²) in [7, 11) is 1.73. The van der Waals surface area contributed by atoms with Crippen molar-refractivity contribution in [1.29, 1.82) is 0 Å². The predicted molar refractivity (Wildman–Crippen MR) is 169 cm³/mol. The van der Waals surface area contributed by atoms with Gasteiger partial charge in [-0.25, -0.2) is 10.1 Å². The Bertz CT molecular complexity index is 1450. The Labute approximate surface area is 256 Å². The summed E-state index contributed by atoms with van der Waals surface area (Å²) >= 11 is 0. The monoisotopic (exact) mass is 583 g/mol. The van der Waals surface area contributed by atoms with Crippen molar-refractivity contribution in [3.8, 4) is 16.9 Å². The first-order chi connectivity index (χ1) is 20.5. The molecular formula is C36H47N4O3. The molecule has 43 heavy (non-hydrogen) atoms. The molecule has 1 aromatic carbocycles. The molecule has 0 spiro atoms. The molecule has 7 rings (SSSR count). The standard InChI is InChI=1S/C36H47N4O3/c1-24-20-26(10-11-30(24)43-5)36-16-13-35(14-17-36,15-18-36)23-40(33(42)27-8-6-7-9-29(27)41)31-21-25(12-19-37-31)28-22-38-39-32(28)34(2,3)4/h10-12,19-22,27,29H,6-9,13-18,23H2,1-5H3,(H,38,39). The molecule has 2 atom stereocenters. The maximum absolute atomic E-state index is 14.3. The van der Waals surface area contributed by atoms with Crippen LogP contribution in [0.2, 0.25) is 0 Å². The van der Waals surface area contributed by atoms with E-state index in [0.29, 0.717) is 25.2 Å². The van der Waals surface area contributed by atoms with Gasteiger partial charge in [-0.3, -0.25) is 14.8 Å². The number of aryl methyl sites for hydroxylation is 1. The van der Waals surface area contributed by atoms with Crippen molar-refractivity contribution >= 4 is 11.7 Å². The van der Waals surface area contributed by atoms with E-state index in [9.17, 15) is 9.90 Å². The fraction of sp³-hybridized carbons (Fsp3) is 0.583. The zero-order chi connectivity index (χ0) is 30.4. The van der Waals surface area contributed by atoms with Crippen LogP contribution in [-0.2, 0) is 20.7 Å². The summed E-state index contributed by atoms with van der Waals surface area (Å²) in [6.07, 6.45) is 12.6. The fourth-order valence-electron chi connectivity index (χ4n) is 8.14. The lowest BCUT2D eigenvalue weighted by molar-refractivity contribution is -0.130. The number of hydrogen-bond acceptors (Lipinski definition) is 4. The number of nitrogens with zero attached hydrogens (tertiary/aromatic N) is 3. The summed E-state index contributed by atoms with van der Waals surface area (Å²) in [5.74, 6) is 1.08. The molecule has 2 aromatic heterocycles. The summed E-state index contributed by atoms with van der Waals surface area (Å²) < 4.78 is 5.53. The lowest BCUT2D eigenvalue weighted by Crippen LogP contribution is -2.52. The Morgan fingerprint density at radius 1 is 1.05 bits per heavy atom. The van der Waals surface area contributed by atoms with Crippen molar-refractivity contribution in [3.05, 3.63) is 59.5 Å². The molecule has 1 amide bonds. The molecule has 2 bridgehead atoms. The third kappa shape index (κ3) is 5.61. The van der Waals surface area contributed by atoms with Crippen LogP contribution in [0.5, 0.6) is 5.75 Å². The third-order valence-corrected chi connectivity index (χ3v) is 10.9. The van der Waals surface area contributed by atoms with Crippen molar-refractivity contribution < 1.29 is 14.6 Å². The van der Waals surface area contributed by atoms with E-state index in [-0.39, 0.29) is 22.2 Å². The molecule has 0 aliphatic heterocycles. The highest BCUT2D eigenvalue weighted by Crippen LogP contribution is 2.58. The van der Waals surface area contributed by atoms with Gasteiger partial charge in [-0.05, 0) is 104 Å². The highest BCUT2D eigenvalue weighted by atomic mass is 16.5. The zero-order valence-electron chi connectivity index (χ0n) is 26.5. The van der Waals surface area contributed by atoms with Gasteiger partial charge in [0.25, 0.3) is 0 Å². The van der Waals surface area contributed by atoms with Gasteiger partial charge in [-0.15, -0.1) is 0 Å². The number of carbonyl (C=O) groups excluding carboxylic acids is 1. The number of aromatic nitrogens is 3. The smallest absolute Gasteiger partial charge is 0.234 e. The maximum atomic E-state index is 14.3. The predicted octanol–water partition coefficient (Wildman–Crippen LogP) is 7.70. The van der Waals surface area contributed by atoms with Gasteiger partial charge in [0, 0.05) is 29.9 Å². The molecule has 0 saturated heterocycles. The first-order valence-corrected chi connectivity index (χ1v) is 16.2. The second kappa shape index (κ2) is 11.4. The minimum absolute atomic E-state index is 0.0323. The van der Waals surface area contributed by atoms with Gasteiger partial charge in [-0.1, -0.05) is 45.7 Å². The number of anilines is 1. The van der Waals surface area contributed by atoms with Crippen LogP contribution < -0.4 is 9.64 Å². The van der Waals surface area contributed by atoms with Crippen molar-refractivity contribution in [1.82, 2.24) is 15.2 Å². The third-order valence-electron chi connectivity index (χ3n) is 10.9. The number of rotatable bonds is 7. The van der Waals surface area contributed by atoms with Crippen LogP contribution in [0, 0.1) is 18.3 Å². The second-order valence-electron chi connectivity index (χ2n) is 14.6. The fourth-order valence-corrected chi connectivity index (χ4v) is 8.14. The van der Waals surface area contributed by atoms with E-state index in [1.54, 1.807) is 13.3 Å². The number of nitrogens with one attached hydrogen (secondary N) is 1. The van der Waals surface area contributed by atoms with Crippen LogP contribution in [0.3, 0.4) is 0 Å². The molecule has 7 nitrogen and oxygen atoms in total. The Morgan fingerprint density at radius 2 is 1.77 bits per heavy atom. The lowest BCUT2D eigenvalue weighted by Gasteiger charge is -2.55. The number of ether oxygens (including phenoxy) is 1. The number of fused-ring (bicyclic) bond motifs is 3. The first-order valence-electron chi connectivity index (χ1n) is 16.2. The molecular weight excluding hydrogens is 536 g/mol. The Kier molecular flexibility index (Phi) is 7.91. The van der Waals surface area contributed by atoms with Gasteiger partial charge in [0.05, 0.1) is 18.7 Å². The number of aromatic amines is 1. The molecule has 4 aliphatic carbocycles. The number of methoxy groups -OCH3 is 1. The van der Waals surface area contributed by atoms with E-state index in [0.717, 1.165) is 73.9 Å². The summed E-state index contributed by atoms with van der Waals surface area (Å²) in [6, 6.07) is 10.7. The summed E-state index contributed by atoms with van der Waals surface area (Å²) in [4.78, 5) is 21.0. The van der Waals surface area contributed by atoms with Crippen LogP contribution in [-0.4, -0.2) is 40.8 Å². The highest BCUT2D eigenvalue weighted by Gasteiger charge is 2.51. The molecule has 4 aliphatic rings. The molecule has 7 heteroatoms. The van der Waals surface area contributed by atoms with Crippen LogP contribution in [0.15, 0.2) is 42.7 Å². The van der Waals surface area contributed by atoms with Gasteiger partial charge in [0.2, 0.25) is 5.91 Å². The lowest BCUT2D eigenvalue weighted by atomic mass is 9.51. The zero-order valence-corrected chi connectivity index (χ0v) is 26.5. The van der Waals surface area contributed by atoms with E-state index in [4.69, 9.17) is 9.72 Å². The molecule has 1 N–H and O–H groups in total. The maximum Gasteiger partial charge on any atom is 0.234 e. The molecule has 4 saturated carbocycles. The summed E-state index contributed by atoms with van der Waals surface area (Å²) in [5, 5.41) is 20.7. The Morgan fingerprint density at radius 3 is 2.42 bits per heavy atom. The summed E-state index contributed by atoms with van der Waals surface area (Å²) in [5.41, 5.74) is 5.70. The molecule has 3 aromatic rings. The number of pyridine rings is 1. The topological polar surface area (TPSA) is 91.0 Å². The SMILES string of the molecule is COc1ccc(C23CCC(CN(C(=O)C4CCCCC4[O])c4cc(-c5c[nH]nc5C(C)(C)C)ccn4)(CC2)CC3)cc1C. The quantitative estimate of drug-likeness (QED) is 0.309. The molecule has 1 radical (unpaired) electrons.